The molecule has 1 N–H and O–H groups in total. The maximum Gasteiger partial charge on any atom is 0.410 e. The standard InChI is InChI=1S/C29H32N2O4/c1-19-12-13-21(34-22-17-31(18-22)27(33)35-28(2,3)4)16-24(19)26(32)30-29(14-15-29)25-11-7-9-20-8-5-6-10-23(20)25/h5-13,16,22H,14-15,17-18H2,1-4H3,(H,30,32). The number of nitrogens with one attached hydrogen (secondary N) is 1. The predicted molar refractivity (Wildman–Crippen MR) is 136 cm³/mol. The Hall–Kier alpha value is -3.54. The van der Waals surface area contributed by atoms with Crippen molar-refractivity contribution in [3.8, 4) is 5.75 Å². The molecule has 1 aliphatic carbocycles. The zero-order valence-electron chi connectivity index (χ0n) is 20.8. The molecular formula is C29H32N2O4. The number of aryl methyl sites for hydroxylation is 1. The molecule has 0 spiro atoms. The topological polar surface area (TPSA) is 67.9 Å². The normalized spacial score (nSPS) is 17.0. The Morgan fingerprint density at radius 2 is 1.71 bits per heavy atom. The molecule has 3 aromatic carbocycles. The number of fused-ring (bicyclic) bond motifs is 1. The van der Waals surface area contributed by atoms with E-state index < -0.39 is 5.60 Å². The molecule has 3 aromatic rings. The second-order valence-electron chi connectivity index (χ2n) is 10.7. The van der Waals surface area contributed by atoms with Gasteiger partial charge in [0.05, 0.1) is 18.6 Å². The van der Waals surface area contributed by atoms with Crippen LogP contribution in [0.3, 0.4) is 0 Å². The van der Waals surface area contributed by atoms with Crippen molar-refractivity contribution in [1.82, 2.24) is 10.2 Å². The van der Waals surface area contributed by atoms with Gasteiger partial charge < -0.3 is 19.7 Å². The highest BCUT2D eigenvalue weighted by atomic mass is 16.6. The fourth-order valence-electron chi connectivity index (χ4n) is 4.61. The average Bonchev–Trinajstić information content (AvgIpc) is 3.55. The van der Waals surface area contributed by atoms with Gasteiger partial charge in [0.25, 0.3) is 5.91 Å². The van der Waals surface area contributed by atoms with Crippen molar-refractivity contribution in [2.75, 3.05) is 13.1 Å². The Bertz CT molecular complexity index is 1280. The van der Waals surface area contributed by atoms with Gasteiger partial charge in [-0.15, -0.1) is 0 Å². The molecule has 2 aliphatic rings. The number of hydrogen-bond donors (Lipinski definition) is 1. The Kier molecular flexibility index (Phi) is 5.70. The van der Waals surface area contributed by atoms with Gasteiger partial charge in [0, 0.05) is 5.56 Å². The molecule has 0 atom stereocenters. The van der Waals surface area contributed by atoms with Gasteiger partial charge in [-0.1, -0.05) is 48.5 Å². The highest BCUT2D eigenvalue weighted by Gasteiger charge is 2.46. The molecule has 182 valence electrons. The number of ether oxygens (including phenoxy) is 2. The number of nitrogens with zero attached hydrogens (tertiary/aromatic N) is 1. The lowest BCUT2D eigenvalue weighted by Crippen LogP contribution is -2.57. The molecule has 6 nitrogen and oxygen atoms in total. The molecule has 2 fully saturated rings. The maximum atomic E-state index is 13.4. The van der Waals surface area contributed by atoms with E-state index in [1.807, 2.05) is 52.0 Å². The fourth-order valence-corrected chi connectivity index (χ4v) is 4.61. The van der Waals surface area contributed by atoms with E-state index in [4.69, 9.17) is 9.47 Å². The van der Waals surface area contributed by atoms with E-state index in [0.29, 0.717) is 24.4 Å². The predicted octanol–water partition coefficient (Wildman–Crippen LogP) is 5.57. The number of amides is 2. The number of carbonyl (C=O) groups is 2. The van der Waals surface area contributed by atoms with Gasteiger partial charge in [-0.05, 0) is 74.6 Å². The molecule has 5 rings (SSSR count). The molecule has 0 bridgehead atoms. The van der Waals surface area contributed by atoms with Crippen LogP contribution in [0.1, 0.15) is 55.1 Å². The number of hydrogen-bond acceptors (Lipinski definition) is 4. The van der Waals surface area contributed by atoms with E-state index in [0.717, 1.165) is 18.4 Å². The van der Waals surface area contributed by atoms with Crippen LogP contribution in [0.15, 0.2) is 60.7 Å². The molecule has 0 radical (unpaired) electrons. The zero-order chi connectivity index (χ0) is 24.8. The largest absolute Gasteiger partial charge is 0.487 e. The second kappa shape index (κ2) is 8.59. The molecule has 1 aliphatic heterocycles. The molecule has 0 aromatic heterocycles. The molecule has 35 heavy (non-hydrogen) atoms. The molecule has 6 heteroatoms. The van der Waals surface area contributed by atoms with Crippen LogP contribution in [0.5, 0.6) is 5.75 Å². The first-order valence-electron chi connectivity index (χ1n) is 12.2. The summed E-state index contributed by atoms with van der Waals surface area (Å²) in [6.07, 6.45) is 1.39. The summed E-state index contributed by atoms with van der Waals surface area (Å²) in [5.74, 6) is 0.534. The summed E-state index contributed by atoms with van der Waals surface area (Å²) in [6.45, 7) is 8.42. The average molecular weight is 473 g/mol. The molecule has 1 heterocycles. The SMILES string of the molecule is Cc1ccc(OC2CN(C(=O)OC(C)(C)C)C2)cc1C(=O)NC1(c2cccc3ccccc23)CC1. The summed E-state index contributed by atoms with van der Waals surface area (Å²) in [6, 6.07) is 20.2. The van der Waals surface area contributed by atoms with E-state index >= 15 is 0 Å². The van der Waals surface area contributed by atoms with Crippen LogP contribution < -0.4 is 10.1 Å². The van der Waals surface area contributed by atoms with Crippen LogP contribution in [0.4, 0.5) is 4.79 Å². The lowest BCUT2D eigenvalue weighted by Gasteiger charge is -2.39. The second-order valence-corrected chi connectivity index (χ2v) is 10.7. The van der Waals surface area contributed by atoms with Crippen molar-refractivity contribution in [3.63, 3.8) is 0 Å². The first kappa shape index (κ1) is 23.2. The van der Waals surface area contributed by atoms with Crippen LogP contribution in [0, 0.1) is 6.92 Å². The molecule has 1 saturated carbocycles. The summed E-state index contributed by atoms with van der Waals surface area (Å²) in [4.78, 5) is 27.2. The highest BCUT2D eigenvalue weighted by molar-refractivity contribution is 5.97. The van der Waals surface area contributed by atoms with Gasteiger partial charge in [-0.2, -0.15) is 0 Å². The van der Waals surface area contributed by atoms with Crippen LogP contribution in [-0.4, -0.2) is 41.7 Å². The Balaban J connectivity index is 1.26. The van der Waals surface area contributed by atoms with Crippen LogP contribution in [0.25, 0.3) is 10.8 Å². The number of rotatable bonds is 5. The van der Waals surface area contributed by atoms with Gasteiger partial charge in [-0.3, -0.25) is 4.79 Å². The third-order valence-electron chi connectivity index (χ3n) is 6.66. The lowest BCUT2D eigenvalue weighted by molar-refractivity contribution is -0.0221. The smallest absolute Gasteiger partial charge is 0.410 e. The number of carbonyl (C=O) groups excluding carboxylic acids is 2. The maximum absolute atomic E-state index is 13.4. The van der Waals surface area contributed by atoms with Crippen molar-refractivity contribution >= 4 is 22.8 Å². The van der Waals surface area contributed by atoms with E-state index in [9.17, 15) is 9.59 Å². The molecule has 2 amide bonds. The van der Waals surface area contributed by atoms with E-state index in [-0.39, 0.29) is 23.6 Å². The van der Waals surface area contributed by atoms with Crippen molar-refractivity contribution in [2.24, 2.45) is 0 Å². The molecular weight excluding hydrogens is 440 g/mol. The third-order valence-corrected chi connectivity index (χ3v) is 6.66. The van der Waals surface area contributed by atoms with Crippen LogP contribution in [0.2, 0.25) is 0 Å². The monoisotopic (exact) mass is 472 g/mol. The first-order chi connectivity index (χ1) is 16.6. The van der Waals surface area contributed by atoms with Gasteiger partial charge >= 0.3 is 6.09 Å². The number of benzene rings is 3. The van der Waals surface area contributed by atoms with Crippen LogP contribution in [-0.2, 0) is 10.3 Å². The third kappa shape index (κ3) is 4.83. The zero-order valence-corrected chi connectivity index (χ0v) is 20.8. The van der Waals surface area contributed by atoms with Gasteiger partial charge in [0.1, 0.15) is 17.5 Å². The lowest BCUT2D eigenvalue weighted by atomic mass is 9.96. The van der Waals surface area contributed by atoms with E-state index in [2.05, 4.69) is 35.6 Å². The summed E-state index contributed by atoms with van der Waals surface area (Å²) < 4.78 is 11.5. The van der Waals surface area contributed by atoms with E-state index in [1.54, 1.807) is 11.0 Å². The summed E-state index contributed by atoms with van der Waals surface area (Å²) in [7, 11) is 0. The minimum Gasteiger partial charge on any atom is -0.487 e. The number of likely N-dealkylation sites (tertiary alicyclic amines) is 1. The summed E-state index contributed by atoms with van der Waals surface area (Å²) in [5.41, 5.74) is 1.83. The minimum absolute atomic E-state index is 0.0950. The van der Waals surface area contributed by atoms with Gasteiger partial charge in [0.15, 0.2) is 0 Å². The van der Waals surface area contributed by atoms with Gasteiger partial charge in [-0.25, -0.2) is 4.79 Å². The van der Waals surface area contributed by atoms with Crippen molar-refractivity contribution < 1.29 is 19.1 Å². The molecule has 0 unspecified atom stereocenters. The Morgan fingerprint density at radius 1 is 1.00 bits per heavy atom. The Labute approximate surface area is 206 Å². The fraction of sp³-hybridized carbons (Fsp3) is 0.379. The van der Waals surface area contributed by atoms with Crippen molar-refractivity contribution in [1.29, 1.82) is 0 Å². The summed E-state index contributed by atoms with van der Waals surface area (Å²) in [5, 5.41) is 5.68. The van der Waals surface area contributed by atoms with Crippen molar-refractivity contribution in [3.05, 3.63) is 77.4 Å². The van der Waals surface area contributed by atoms with Crippen LogP contribution >= 0.6 is 0 Å². The van der Waals surface area contributed by atoms with E-state index in [1.165, 1.54) is 16.3 Å². The quantitative estimate of drug-likeness (QED) is 0.528. The molecule has 1 saturated heterocycles. The summed E-state index contributed by atoms with van der Waals surface area (Å²) >= 11 is 0. The van der Waals surface area contributed by atoms with Gasteiger partial charge in [0.2, 0.25) is 0 Å². The first-order valence-corrected chi connectivity index (χ1v) is 12.2. The highest BCUT2D eigenvalue weighted by Crippen LogP contribution is 2.48. The Morgan fingerprint density at radius 3 is 2.43 bits per heavy atom. The minimum atomic E-state index is -0.521. The van der Waals surface area contributed by atoms with Crippen molar-refractivity contribution in [2.45, 2.75) is 57.8 Å².